The first-order valence-electron chi connectivity index (χ1n) is 7.81. The highest BCUT2D eigenvalue weighted by Crippen LogP contribution is 2.23. The van der Waals surface area contributed by atoms with Gasteiger partial charge in [-0.1, -0.05) is 15.9 Å². The Morgan fingerprint density at radius 3 is 2.26 bits per heavy atom. The standard InChI is InChI=1S/C18H20BrN3O/c1-13-12-15(6-9-17(13)19)21-18(23)20-14-4-7-16(8-5-14)22-10-2-3-11-22/h4-9,12H,2-3,10-11H2,1H3,(H2,20,21,23). The Bertz CT molecular complexity index is 694. The number of anilines is 3. The van der Waals surface area contributed by atoms with E-state index < -0.39 is 0 Å². The van der Waals surface area contributed by atoms with Crippen LogP contribution in [0.15, 0.2) is 46.9 Å². The summed E-state index contributed by atoms with van der Waals surface area (Å²) < 4.78 is 1.03. The molecular formula is C18H20BrN3O. The minimum absolute atomic E-state index is 0.236. The predicted molar refractivity (Wildman–Crippen MR) is 99.4 cm³/mol. The number of nitrogens with zero attached hydrogens (tertiary/aromatic N) is 1. The van der Waals surface area contributed by atoms with Gasteiger partial charge in [0.15, 0.2) is 0 Å². The second kappa shape index (κ2) is 7.04. The van der Waals surface area contributed by atoms with E-state index in [2.05, 4.69) is 43.6 Å². The molecule has 0 spiro atoms. The molecule has 3 rings (SSSR count). The minimum Gasteiger partial charge on any atom is -0.372 e. The number of carbonyl (C=O) groups is 1. The summed E-state index contributed by atoms with van der Waals surface area (Å²) in [5, 5.41) is 5.71. The summed E-state index contributed by atoms with van der Waals surface area (Å²) in [6, 6.07) is 13.5. The SMILES string of the molecule is Cc1cc(NC(=O)Nc2ccc(N3CCCC3)cc2)ccc1Br. The zero-order valence-electron chi connectivity index (χ0n) is 13.1. The molecule has 4 nitrogen and oxygen atoms in total. The molecule has 2 aromatic carbocycles. The van der Waals surface area contributed by atoms with Crippen LogP contribution in [0.1, 0.15) is 18.4 Å². The lowest BCUT2D eigenvalue weighted by molar-refractivity contribution is 0.262. The molecule has 2 aromatic rings. The zero-order chi connectivity index (χ0) is 16.2. The third-order valence-electron chi connectivity index (χ3n) is 4.01. The predicted octanol–water partition coefficient (Wildman–Crippen LogP) is 5.00. The molecule has 2 N–H and O–H groups in total. The normalized spacial score (nSPS) is 13.9. The molecule has 1 aliphatic rings. The van der Waals surface area contributed by atoms with Crippen molar-refractivity contribution in [1.82, 2.24) is 0 Å². The molecule has 2 amide bonds. The lowest BCUT2D eigenvalue weighted by Crippen LogP contribution is -2.20. The van der Waals surface area contributed by atoms with E-state index in [1.54, 1.807) is 0 Å². The average molecular weight is 374 g/mol. The van der Waals surface area contributed by atoms with Crippen molar-refractivity contribution < 1.29 is 4.79 Å². The third-order valence-corrected chi connectivity index (χ3v) is 4.90. The Morgan fingerprint density at radius 1 is 1.00 bits per heavy atom. The number of aryl methyl sites for hydroxylation is 1. The third kappa shape index (κ3) is 4.05. The van der Waals surface area contributed by atoms with E-state index >= 15 is 0 Å². The molecule has 0 aliphatic carbocycles. The quantitative estimate of drug-likeness (QED) is 0.794. The van der Waals surface area contributed by atoms with Gasteiger partial charge in [0.2, 0.25) is 0 Å². The molecule has 1 fully saturated rings. The molecule has 0 aromatic heterocycles. The van der Waals surface area contributed by atoms with Crippen LogP contribution in [0.5, 0.6) is 0 Å². The van der Waals surface area contributed by atoms with E-state index in [1.807, 2.05) is 37.3 Å². The van der Waals surface area contributed by atoms with Gasteiger partial charge in [-0.3, -0.25) is 0 Å². The van der Waals surface area contributed by atoms with E-state index in [1.165, 1.54) is 18.5 Å². The Labute approximate surface area is 145 Å². The Kier molecular flexibility index (Phi) is 4.86. The maximum absolute atomic E-state index is 12.1. The number of benzene rings is 2. The lowest BCUT2D eigenvalue weighted by atomic mass is 10.2. The number of hydrogen-bond donors (Lipinski definition) is 2. The van der Waals surface area contributed by atoms with E-state index in [4.69, 9.17) is 0 Å². The van der Waals surface area contributed by atoms with Gasteiger partial charge < -0.3 is 15.5 Å². The summed E-state index contributed by atoms with van der Waals surface area (Å²) in [6.45, 7) is 4.23. The highest BCUT2D eigenvalue weighted by molar-refractivity contribution is 9.10. The Balaban J connectivity index is 1.59. The van der Waals surface area contributed by atoms with Crippen molar-refractivity contribution in [3.8, 4) is 0 Å². The molecule has 120 valence electrons. The van der Waals surface area contributed by atoms with E-state index in [0.717, 1.165) is 34.5 Å². The summed E-state index contributed by atoms with van der Waals surface area (Å²) in [5.74, 6) is 0. The van der Waals surface area contributed by atoms with Crippen molar-refractivity contribution in [2.45, 2.75) is 19.8 Å². The van der Waals surface area contributed by atoms with Gasteiger partial charge in [0.05, 0.1) is 0 Å². The Hall–Kier alpha value is -2.01. The number of hydrogen-bond acceptors (Lipinski definition) is 2. The number of halogens is 1. The fraction of sp³-hybridized carbons (Fsp3) is 0.278. The van der Waals surface area contributed by atoms with Crippen LogP contribution in [0.2, 0.25) is 0 Å². The summed E-state index contributed by atoms with van der Waals surface area (Å²) in [6.07, 6.45) is 2.52. The van der Waals surface area contributed by atoms with Crippen LogP contribution >= 0.6 is 15.9 Å². The summed E-state index contributed by atoms with van der Waals surface area (Å²) >= 11 is 3.45. The Morgan fingerprint density at radius 2 is 1.61 bits per heavy atom. The van der Waals surface area contributed by atoms with Crippen molar-refractivity contribution in [1.29, 1.82) is 0 Å². The fourth-order valence-corrected chi connectivity index (χ4v) is 2.99. The second-order valence-electron chi connectivity index (χ2n) is 5.78. The smallest absolute Gasteiger partial charge is 0.323 e. The molecule has 23 heavy (non-hydrogen) atoms. The molecule has 0 bridgehead atoms. The van der Waals surface area contributed by atoms with Crippen molar-refractivity contribution in [2.75, 3.05) is 28.6 Å². The lowest BCUT2D eigenvalue weighted by Gasteiger charge is -2.17. The molecule has 1 saturated heterocycles. The first-order valence-corrected chi connectivity index (χ1v) is 8.60. The molecule has 0 unspecified atom stereocenters. The summed E-state index contributed by atoms with van der Waals surface area (Å²) in [5.41, 5.74) is 3.87. The van der Waals surface area contributed by atoms with Crippen molar-refractivity contribution in [2.24, 2.45) is 0 Å². The van der Waals surface area contributed by atoms with Crippen LogP contribution in [0.25, 0.3) is 0 Å². The van der Waals surface area contributed by atoms with E-state index in [-0.39, 0.29) is 6.03 Å². The van der Waals surface area contributed by atoms with Crippen LogP contribution in [0.4, 0.5) is 21.9 Å². The van der Waals surface area contributed by atoms with Crippen LogP contribution in [-0.2, 0) is 0 Å². The second-order valence-corrected chi connectivity index (χ2v) is 6.64. The van der Waals surface area contributed by atoms with Crippen molar-refractivity contribution in [3.05, 3.63) is 52.5 Å². The van der Waals surface area contributed by atoms with E-state index in [0.29, 0.717) is 0 Å². The highest BCUT2D eigenvalue weighted by atomic mass is 79.9. The first kappa shape index (κ1) is 15.9. The molecule has 0 atom stereocenters. The maximum Gasteiger partial charge on any atom is 0.323 e. The number of urea groups is 1. The van der Waals surface area contributed by atoms with Gasteiger partial charge >= 0.3 is 6.03 Å². The maximum atomic E-state index is 12.1. The monoisotopic (exact) mass is 373 g/mol. The number of amides is 2. The topological polar surface area (TPSA) is 44.4 Å². The highest BCUT2D eigenvalue weighted by Gasteiger charge is 2.12. The van der Waals surface area contributed by atoms with Gasteiger partial charge in [-0.15, -0.1) is 0 Å². The molecular weight excluding hydrogens is 354 g/mol. The van der Waals surface area contributed by atoms with Gasteiger partial charge in [-0.2, -0.15) is 0 Å². The first-order chi connectivity index (χ1) is 11.1. The minimum atomic E-state index is -0.236. The molecule has 5 heteroatoms. The zero-order valence-corrected chi connectivity index (χ0v) is 14.7. The number of nitrogens with one attached hydrogen (secondary N) is 2. The van der Waals surface area contributed by atoms with Crippen LogP contribution in [0, 0.1) is 6.92 Å². The van der Waals surface area contributed by atoms with Crippen LogP contribution in [-0.4, -0.2) is 19.1 Å². The van der Waals surface area contributed by atoms with Crippen LogP contribution in [0.3, 0.4) is 0 Å². The van der Waals surface area contributed by atoms with Gasteiger partial charge in [-0.25, -0.2) is 4.79 Å². The summed E-state index contributed by atoms with van der Waals surface area (Å²) in [7, 11) is 0. The number of carbonyl (C=O) groups excluding carboxylic acids is 1. The largest absolute Gasteiger partial charge is 0.372 e. The van der Waals surface area contributed by atoms with Gasteiger partial charge in [-0.05, 0) is 67.8 Å². The average Bonchev–Trinajstić information content (AvgIpc) is 3.06. The van der Waals surface area contributed by atoms with Gasteiger partial charge in [0.25, 0.3) is 0 Å². The molecule has 0 saturated carbocycles. The van der Waals surface area contributed by atoms with Crippen molar-refractivity contribution in [3.63, 3.8) is 0 Å². The van der Waals surface area contributed by atoms with E-state index in [9.17, 15) is 4.79 Å². The fourth-order valence-electron chi connectivity index (χ4n) is 2.75. The summed E-state index contributed by atoms with van der Waals surface area (Å²) in [4.78, 5) is 14.4. The molecule has 0 radical (unpaired) electrons. The molecule has 1 aliphatic heterocycles. The number of rotatable bonds is 3. The van der Waals surface area contributed by atoms with Gasteiger partial charge in [0.1, 0.15) is 0 Å². The van der Waals surface area contributed by atoms with Crippen LogP contribution < -0.4 is 15.5 Å². The van der Waals surface area contributed by atoms with Gasteiger partial charge in [0, 0.05) is 34.6 Å². The van der Waals surface area contributed by atoms with Crippen molar-refractivity contribution >= 4 is 39.0 Å². The molecule has 1 heterocycles.